The van der Waals surface area contributed by atoms with Crippen LogP contribution < -0.4 is 10.6 Å². The zero-order valence-electron chi connectivity index (χ0n) is 13.2. The van der Waals surface area contributed by atoms with Crippen molar-refractivity contribution in [3.05, 3.63) is 77.7 Å². The smallest absolute Gasteiger partial charge is 0.272 e. The molecule has 0 radical (unpaired) electrons. The van der Waals surface area contributed by atoms with Crippen LogP contribution in [0.4, 0.5) is 11.5 Å². The Morgan fingerprint density at radius 2 is 1.88 bits per heavy atom. The van der Waals surface area contributed by atoms with Crippen LogP contribution in [-0.2, 0) is 6.54 Å². The van der Waals surface area contributed by atoms with Crippen LogP contribution in [-0.4, -0.2) is 21.1 Å². The maximum absolute atomic E-state index is 12.1. The summed E-state index contributed by atoms with van der Waals surface area (Å²) in [7, 11) is 0. The third-order valence-electron chi connectivity index (χ3n) is 3.40. The van der Waals surface area contributed by atoms with Crippen molar-refractivity contribution in [3.8, 4) is 0 Å². The number of aromatic nitrogens is 3. The van der Waals surface area contributed by atoms with Gasteiger partial charge in [-0.1, -0.05) is 23.8 Å². The zero-order valence-corrected chi connectivity index (χ0v) is 13.2. The standard InChI is InChI=1S/C18H17N5O/c1-13-4-6-15(7-5-13)21-17-9-8-16(22-23-17)18(24)20-12-14-3-2-10-19-11-14/h2-11H,12H2,1H3,(H,20,24)(H,21,23). The maximum Gasteiger partial charge on any atom is 0.272 e. The molecule has 0 aliphatic carbocycles. The number of rotatable bonds is 5. The molecule has 0 saturated carbocycles. The van der Waals surface area contributed by atoms with Gasteiger partial charge in [0.05, 0.1) is 0 Å². The summed E-state index contributed by atoms with van der Waals surface area (Å²) >= 11 is 0. The van der Waals surface area contributed by atoms with Crippen LogP contribution in [0.5, 0.6) is 0 Å². The average Bonchev–Trinajstić information content (AvgIpc) is 2.63. The Morgan fingerprint density at radius 1 is 1.04 bits per heavy atom. The highest BCUT2D eigenvalue weighted by Gasteiger charge is 2.08. The van der Waals surface area contributed by atoms with Crippen molar-refractivity contribution in [1.29, 1.82) is 0 Å². The second kappa shape index (κ2) is 7.32. The van der Waals surface area contributed by atoms with Gasteiger partial charge in [-0.15, -0.1) is 10.2 Å². The van der Waals surface area contributed by atoms with Gasteiger partial charge in [0.15, 0.2) is 11.5 Å². The molecule has 2 heterocycles. The summed E-state index contributed by atoms with van der Waals surface area (Å²) in [5.74, 6) is 0.316. The molecule has 6 nitrogen and oxygen atoms in total. The van der Waals surface area contributed by atoms with E-state index < -0.39 is 0 Å². The van der Waals surface area contributed by atoms with Gasteiger partial charge < -0.3 is 10.6 Å². The first-order valence-corrected chi connectivity index (χ1v) is 7.55. The number of nitrogens with zero attached hydrogens (tertiary/aromatic N) is 3. The summed E-state index contributed by atoms with van der Waals surface area (Å²) in [5.41, 5.74) is 3.31. The minimum absolute atomic E-state index is 0.270. The fraction of sp³-hybridized carbons (Fsp3) is 0.111. The fourth-order valence-electron chi connectivity index (χ4n) is 2.08. The number of aryl methyl sites for hydroxylation is 1. The van der Waals surface area contributed by atoms with Gasteiger partial charge in [-0.2, -0.15) is 0 Å². The lowest BCUT2D eigenvalue weighted by Gasteiger charge is -2.07. The summed E-state index contributed by atoms with van der Waals surface area (Å²) in [6, 6.07) is 15.0. The molecular formula is C18H17N5O. The monoisotopic (exact) mass is 319 g/mol. The molecule has 1 amide bonds. The molecule has 3 rings (SSSR count). The predicted octanol–water partition coefficient (Wildman–Crippen LogP) is 2.85. The van der Waals surface area contributed by atoms with Crippen molar-refractivity contribution < 1.29 is 4.79 Å². The molecule has 0 bridgehead atoms. The third kappa shape index (κ3) is 4.13. The Morgan fingerprint density at radius 3 is 2.54 bits per heavy atom. The minimum Gasteiger partial charge on any atom is -0.347 e. The van der Waals surface area contributed by atoms with E-state index in [-0.39, 0.29) is 11.6 Å². The van der Waals surface area contributed by atoms with Gasteiger partial charge in [0.1, 0.15) is 0 Å². The average molecular weight is 319 g/mol. The molecule has 6 heteroatoms. The zero-order chi connectivity index (χ0) is 16.8. The summed E-state index contributed by atoms with van der Waals surface area (Å²) in [6.07, 6.45) is 3.40. The molecule has 0 fully saturated rings. The molecule has 0 atom stereocenters. The molecule has 0 aliphatic rings. The summed E-state index contributed by atoms with van der Waals surface area (Å²) in [5, 5.41) is 13.9. The number of nitrogens with one attached hydrogen (secondary N) is 2. The van der Waals surface area contributed by atoms with E-state index in [1.54, 1.807) is 24.5 Å². The molecule has 120 valence electrons. The molecule has 2 aromatic heterocycles. The Hall–Kier alpha value is -3.28. The highest BCUT2D eigenvalue weighted by molar-refractivity contribution is 5.92. The highest BCUT2D eigenvalue weighted by atomic mass is 16.1. The van der Waals surface area contributed by atoms with Crippen LogP contribution in [0, 0.1) is 6.92 Å². The van der Waals surface area contributed by atoms with Crippen molar-refractivity contribution in [3.63, 3.8) is 0 Å². The lowest BCUT2D eigenvalue weighted by molar-refractivity contribution is 0.0945. The Bertz CT molecular complexity index is 801. The largest absolute Gasteiger partial charge is 0.347 e. The van der Waals surface area contributed by atoms with E-state index >= 15 is 0 Å². The van der Waals surface area contributed by atoms with Crippen molar-refractivity contribution >= 4 is 17.4 Å². The van der Waals surface area contributed by atoms with Crippen molar-refractivity contribution in [2.45, 2.75) is 13.5 Å². The molecule has 0 aliphatic heterocycles. The normalized spacial score (nSPS) is 10.2. The number of anilines is 2. The van der Waals surface area contributed by atoms with Gasteiger partial charge in [-0.05, 0) is 42.8 Å². The molecule has 1 aromatic carbocycles. The van der Waals surface area contributed by atoms with Crippen LogP contribution in [0.2, 0.25) is 0 Å². The van der Waals surface area contributed by atoms with Gasteiger partial charge in [0, 0.05) is 24.6 Å². The lowest BCUT2D eigenvalue weighted by atomic mass is 10.2. The number of carbonyl (C=O) groups is 1. The number of hydrogen-bond donors (Lipinski definition) is 2. The fourth-order valence-corrected chi connectivity index (χ4v) is 2.08. The summed E-state index contributed by atoms with van der Waals surface area (Å²) < 4.78 is 0. The second-order valence-electron chi connectivity index (χ2n) is 5.34. The molecule has 3 aromatic rings. The van der Waals surface area contributed by atoms with E-state index in [9.17, 15) is 4.79 Å². The van der Waals surface area contributed by atoms with Gasteiger partial charge in [-0.3, -0.25) is 9.78 Å². The van der Waals surface area contributed by atoms with E-state index in [0.717, 1.165) is 11.3 Å². The molecule has 0 unspecified atom stereocenters. The summed E-state index contributed by atoms with van der Waals surface area (Å²) in [4.78, 5) is 16.1. The van der Waals surface area contributed by atoms with Crippen LogP contribution in [0.1, 0.15) is 21.6 Å². The first-order valence-electron chi connectivity index (χ1n) is 7.55. The van der Waals surface area contributed by atoms with Crippen LogP contribution >= 0.6 is 0 Å². The third-order valence-corrected chi connectivity index (χ3v) is 3.40. The van der Waals surface area contributed by atoms with Crippen molar-refractivity contribution in [2.75, 3.05) is 5.32 Å². The molecule has 2 N–H and O–H groups in total. The lowest BCUT2D eigenvalue weighted by Crippen LogP contribution is -2.24. The van der Waals surface area contributed by atoms with Gasteiger partial charge in [0.25, 0.3) is 5.91 Å². The van der Waals surface area contributed by atoms with Crippen LogP contribution in [0.3, 0.4) is 0 Å². The highest BCUT2D eigenvalue weighted by Crippen LogP contribution is 2.14. The van der Waals surface area contributed by atoms with Gasteiger partial charge >= 0.3 is 0 Å². The number of amides is 1. The second-order valence-corrected chi connectivity index (χ2v) is 5.34. The van der Waals surface area contributed by atoms with E-state index in [1.807, 2.05) is 43.3 Å². The summed E-state index contributed by atoms with van der Waals surface area (Å²) in [6.45, 7) is 2.43. The van der Waals surface area contributed by atoms with E-state index in [2.05, 4.69) is 25.8 Å². The Kier molecular flexibility index (Phi) is 4.76. The molecule has 0 saturated heterocycles. The van der Waals surface area contributed by atoms with E-state index in [1.165, 1.54) is 5.56 Å². The topological polar surface area (TPSA) is 79.8 Å². The molecule has 24 heavy (non-hydrogen) atoms. The number of hydrogen-bond acceptors (Lipinski definition) is 5. The Labute approximate surface area is 140 Å². The first kappa shape index (κ1) is 15.6. The van der Waals surface area contributed by atoms with Crippen LogP contribution in [0.25, 0.3) is 0 Å². The number of carbonyl (C=O) groups excluding carboxylic acids is 1. The first-order chi connectivity index (χ1) is 11.7. The quantitative estimate of drug-likeness (QED) is 0.756. The van der Waals surface area contributed by atoms with Crippen molar-refractivity contribution in [1.82, 2.24) is 20.5 Å². The number of pyridine rings is 1. The minimum atomic E-state index is -0.270. The van der Waals surface area contributed by atoms with Crippen molar-refractivity contribution in [2.24, 2.45) is 0 Å². The van der Waals surface area contributed by atoms with Gasteiger partial charge in [0.2, 0.25) is 0 Å². The molecular weight excluding hydrogens is 302 g/mol. The van der Waals surface area contributed by atoms with Gasteiger partial charge in [-0.25, -0.2) is 0 Å². The van der Waals surface area contributed by atoms with E-state index in [0.29, 0.717) is 12.4 Å². The Balaban J connectivity index is 1.59. The number of benzene rings is 1. The van der Waals surface area contributed by atoms with E-state index in [4.69, 9.17) is 0 Å². The molecule has 0 spiro atoms. The predicted molar refractivity (Wildman–Crippen MR) is 91.9 cm³/mol. The maximum atomic E-state index is 12.1. The van der Waals surface area contributed by atoms with Crippen LogP contribution in [0.15, 0.2) is 60.9 Å². The SMILES string of the molecule is Cc1ccc(Nc2ccc(C(=O)NCc3cccnc3)nn2)cc1.